The average Bonchev–Trinajstić information content (AvgIpc) is 2.42. The fourth-order valence-corrected chi connectivity index (χ4v) is 2.85. The number of hydrogen-bond donors (Lipinski definition) is 0. The monoisotopic (exact) mass is 358 g/mol. The predicted octanol–water partition coefficient (Wildman–Crippen LogP) is 4.83. The fourth-order valence-electron chi connectivity index (χ4n) is 1.85. The molecule has 0 N–H and O–H groups in total. The number of hydrogen-bond acceptors (Lipinski definition) is 2. The van der Waals surface area contributed by atoms with E-state index in [1.807, 2.05) is 24.4 Å². The summed E-state index contributed by atoms with van der Waals surface area (Å²) in [5.41, 5.74) is 3.06. The maximum Gasteiger partial charge on any atom is 0.133 e. The molecule has 2 aromatic rings. The van der Waals surface area contributed by atoms with Gasteiger partial charge in [0.1, 0.15) is 5.82 Å². The Balaban J connectivity index is 2.33. The zero-order valence-corrected chi connectivity index (χ0v) is 13.6. The van der Waals surface area contributed by atoms with Gasteiger partial charge in [0.05, 0.1) is 0 Å². The van der Waals surface area contributed by atoms with Crippen LogP contribution in [0.25, 0.3) is 0 Å². The van der Waals surface area contributed by atoms with E-state index in [0.717, 1.165) is 34.4 Å². The quantitative estimate of drug-likeness (QED) is 0.730. The minimum absolute atomic E-state index is 0.550. The second-order valence-corrected chi connectivity index (χ2v) is 5.50. The molecule has 0 atom stereocenters. The summed E-state index contributed by atoms with van der Waals surface area (Å²) in [6.45, 7) is 2.08. The lowest BCUT2D eigenvalue weighted by atomic mass is 10.1. The molecule has 1 aromatic carbocycles. The zero-order chi connectivity index (χ0) is 13.8. The molecule has 0 unspecified atom stereocenters. The highest BCUT2D eigenvalue weighted by molar-refractivity contribution is 9.08. The minimum atomic E-state index is 0.550. The zero-order valence-electron chi connectivity index (χ0n) is 10.5. The van der Waals surface area contributed by atoms with Crippen molar-refractivity contribution >= 4 is 39.1 Å². The third kappa shape index (κ3) is 3.47. The molecule has 19 heavy (non-hydrogen) atoms. The molecule has 0 spiro atoms. The summed E-state index contributed by atoms with van der Waals surface area (Å²) in [6.07, 6.45) is 3.29. The van der Waals surface area contributed by atoms with Crippen LogP contribution in [0.2, 0.25) is 10.0 Å². The van der Waals surface area contributed by atoms with Gasteiger partial charge in [-0.15, -0.1) is 0 Å². The van der Waals surface area contributed by atoms with Gasteiger partial charge in [-0.25, -0.2) is 9.97 Å². The van der Waals surface area contributed by atoms with Crippen molar-refractivity contribution in [2.75, 3.05) is 0 Å². The molecule has 0 saturated heterocycles. The lowest BCUT2D eigenvalue weighted by Gasteiger charge is -2.09. The van der Waals surface area contributed by atoms with Gasteiger partial charge in [-0.3, -0.25) is 0 Å². The molecule has 0 radical (unpaired) electrons. The molecule has 0 saturated carbocycles. The summed E-state index contributed by atoms with van der Waals surface area (Å²) in [6, 6.07) is 5.49. The van der Waals surface area contributed by atoms with Gasteiger partial charge in [0.25, 0.3) is 0 Å². The Morgan fingerprint density at radius 2 is 1.89 bits per heavy atom. The van der Waals surface area contributed by atoms with Crippen LogP contribution in [-0.2, 0) is 18.2 Å². The first-order chi connectivity index (χ1) is 9.15. The standard InChI is InChI=1S/C14H13BrCl2N2/c1-2-13-9(7-15)8-18-14(19-13)6-10-11(16)4-3-5-12(10)17/h3-5,8H,2,6-7H2,1H3. The molecule has 0 bridgehead atoms. The number of benzene rings is 1. The highest BCUT2D eigenvalue weighted by Crippen LogP contribution is 2.26. The Kier molecular flexibility index (Phi) is 5.20. The number of alkyl halides is 1. The van der Waals surface area contributed by atoms with Crippen LogP contribution in [0, 0.1) is 0 Å². The highest BCUT2D eigenvalue weighted by Gasteiger charge is 2.10. The van der Waals surface area contributed by atoms with Crippen LogP contribution in [0.1, 0.15) is 29.6 Å². The van der Waals surface area contributed by atoms with E-state index >= 15 is 0 Å². The molecule has 100 valence electrons. The Bertz CT molecular complexity index is 567. The van der Waals surface area contributed by atoms with E-state index in [-0.39, 0.29) is 0 Å². The van der Waals surface area contributed by atoms with Crippen molar-refractivity contribution in [1.29, 1.82) is 0 Å². The molecule has 5 heteroatoms. The van der Waals surface area contributed by atoms with Crippen molar-refractivity contribution in [3.05, 3.63) is 57.1 Å². The molecule has 0 aliphatic carbocycles. The molecule has 2 nitrogen and oxygen atoms in total. The third-order valence-corrected chi connectivity index (χ3v) is 4.19. The maximum absolute atomic E-state index is 6.16. The number of halogens is 3. The van der Waals surface area contributed by atoms with E-state index in [1.165, 1.54) is 0 Å². The second kappa shape index (κ2) is 6.69. The van der Waals surface area contributed by atoms with Gasteiger partial charge >= 0.3 is 0 Å². The van der Waals surface area contributed by atoms with Gasteiger partial charge in [-0.2, -0.15) is 0 Å². The van der Waals surface area contributed by atoms with Crippen LogP contribution in [-0.4, -0.2) is 9.97 Å². The molecule has 1 aromatic heterocycles. The molecule has 0 amide bonds. The minimum Gasteiger partial charge on any atom is -0.241 e. The van der Waals surface area contributed by atoms with E-state index in [4.69, 9.17) is 23.2 Å². The maximum atomic E-state index is 6.16. The van der Waals surface area contributed by atoms with Gasteiger partial charge < -0.3 is 0 Å². The first-order valence-corrected chi connectivity index (χ1v) is 7.86. The Morgan fingerprint density at radius 1 is 1.21 bits per heavy atom. The van der Waals surface area contributed by atoms with E-state index in [1.54, 1.807) is 0 Å². The van der Waals surface area contributed by atoms with Gasteiger partial charge in [0.15, 0.2) is 0 Å². The Hall–Kier alpha value is -0.640. The molecular weight excluding hydrogens is 347 g/mol. The number of aryl methyl sites for hydroxylation is 1. The summed E-state index contributed by atoms with van der Waals surface area (Å²) >= 11 is 15.8. The summed E-state index contributed by atoms with van der Waals surface area (Å²) in [5, 5.41) is 2.07. The average molecular weight is 360 g/mol. The normalized spacial score (nSPS) is 10.7. The van der Waals surface area contributed by atoms with Crippen LogP contribution in [0.15, 0.2) is 24.4 Å². The van der Waals surface area contributed by atoms with Crippen molar-refractivity contribution in [1.82, 2.24) is 9.97 Å². The fraction of sp³-hybridized carbons (Fsp3) is 0.286. The van der Waals surface area contributed by atoms with Gasteiger partial charge in [-0.05, 0) is 24.1 Å². The van der Waals surface area contributed by atoms with Crippen molar-refractivity contribution in [2.45, 2.75) is 25.1 Å². The molecule has 2 rings (SSSR count). The number of nitrogens with zero attached hydrogens (tertiary/aromatic N) is 2. The topological polar surface area (TPSA) is 25.8 Å². The summed E-state index contributed by atoms with van der Waals surface area (Å²) in [7, 11) is 0. The van der Waals surface area contributed by atoms with E-state index in [0.29, 0.717) is 16.5 Å². The lowest BCUT2D eigenvalue weighted by molar-refractivity contribution is 0.886. The molecule has 0 fully saturated rings. The van der Waals surface area contributed by atoms with Crippen LogP contribution >= 0.6 is 39.1 Å². The van der Waals surface area contributed by atoms with E-state index in [2.05, 4.69) is 32.8 Å². The van der Waals surface area contributed by atoms with Crippen LogP contribution < -0.4 is 0 Å². The van der Waals surface area contributed by atoms with E-state index < -0.39 is 0 Å². The summed E-state index contributed by atoms with van der Waals surface area (Å²) in [4.78, 5) is 8.96. The largest absolute Gasteiger partial charge is 0.241 e. The molecular formula is C14H13BrCl2N2. The third-order valence-electron chi connectivity index (χ3n) is 2.88. The van der Waals surface area contributed by atoms with Gasteiger partial charge in [0, 0.05) is 39.3 Å². The Labute approximate surface area is 131 Å². The summed E-state index contributed by atoms with van der Waals surface area (Å²) in [5.74, 6) is 0.747. The van der Waals surface area contributed by atoms with Crippen molar-refractivity contribution in [2.24, 2.45) is 0 Å². The number of rotatable bonds is 4. The predicted molar refractivity (Wildman–Crippen MR) is 83.3 cm³/mol. The second-order valence-electron chi connectivity index (χ2n) is 4.12. The Morgan fingerprint density at radius 3 is 2.47 bits per heavy atom. The van der Waals surface area contributed by atoms with Crippen LogP contribution in [0.4, 0.5) is 0 Å². The van der Waals surface area contributed by atoms with Crippen molar-refractivity contribution < 1.29 is 0 Å². The molecule has 0 aliphatic rings. The first kappa shape index (κ1) is 14.8. The smallest absolute Gasteiger partial charge is 0.133 e. The van der Waals surface area contributed by atoms with Crippen LogP contribution in [0.3, 0.4) is 0 Å². The van der Waals surface area contributed by atoms with Crippen LogP contribution in [0.5, 0.6) is 0 Å². The highest BCUT2D eigenvalue weighted by atomic mass is 79.9. The van der Waals surface area contributed by atoms with Gasteiger partial charge in [-0.1, -0.05) is 52.1 Å². The van der Waals surface area contributed by atoms with Crippen molar-refractivity contribution in [3.63, 3.8) is 0 Å². The molecule has 1 heterocycles. The number of aromatic nitrogens is 2. The van der Waals surface area contributed by atoms with Crippen molar-refractivity contribution in [3.8, 4) is 0 Å². The van der Waals surface area contributed by atoms with E-state index in [9.17, 15) is 0 Å². The SMILES string of the molecule is CCc1nc(Cc2c(Cl)cccc2Cl)ncc1CBr. The van der Waals surface area contributed by atoms with Gasteiger partial charge in [0.2, 0.25) is 0 Å². The lowest BCUT2D eigenvalue weighted by Crippen LogP contribution is -2.04. The first-order valence-electron chi connectivity index (χ1n) is 5.98. The summed E-state index contributed by atoms with van der Waals surface area (Å²) < 4.78 is 0. The molecule has 0 aliphatic heterocycles.